The van der Waals surface area contributed by atoms with E-state index >= 15 is 0 Å². The van der Waals surface area contributed by atoms with Crippen molar-refractivity contribution in [3.63, 3.8) is 0 Å². The number of anilines is 2. The number of aromatic nitrogens is 1. The van der Waals surface area contributed by atoms with Crippen LogP contribution in [0, 0.1) is 0 Å². The van der Waals surface area contributed by atoms with Gasteiger partial charge in [-0.2, -0.15) is 0 Å². The van der Waals surface area contributed by atoms with E-state index < -0.39 is 11.9 Å². The zero-order valence-electron chi connectivity index (χ0n) is 17.9. The largest absolute Gasteiger partial charge is 0.478 e. The lowest BCUT2D eigenvalue weighted by molar-refractivity contribution is 0.0696. The Labute approximate surface area is 199 Å². The number of nitrogens with one attached hydrogen (secondary N) is 1. The summed E-state index contributed by atoms with van der Waals surface area (Å²) in [5, 5.41) is 12.7. The SMILES string of the molecule is Nc1c(C(=O)Nc2cccc(C(=O)O)c2)sc2nc(-c3ccccc3)cc(-c3ccccc3)c12. The maximum atomic E-state index is 13.1. The maximum Gasteiger partial charge on any atom is 0.335 e. The van der Waals surface area contributed by atoms with E-state index in [1.54, 1.807) is 12.1 Å². The molecular weight excluding hydrogens is 446 g/mol. The molecule has 5 rings (SSSR count). The fourth-order valence-electron chi connectivity index (χ4n) is 3.81. The monoisotopic (exact) mass is 465 g/mol. The van der Waals surface area contributed by atoms with Crippen molar-refractivity contribution in [2.24, 2.45) is 0 Å². The van der Waals surface area contributed by atoms with Crippen molar-refractivity contribution in [2.45, 2.75) is 0 Å². The van der Waals surface area contributed by atoms with Crippen molar-refractivity contribution >= 4 is 44.8 Å². The molecule has 0 unspecified atom stereocenters. The first-order valence-electron chi connectivity index (χ1n) is 10.5. The van der Waals surface area contributed by atoms with Crippen LogP contribution in [0.1, 0.15) is 20.0 Å². The minimum atomic E-state index is -1.07. The number of aromatic carboxylic acids is 1. The van der Waals surface area contributed by atoms with E-state index in [2.05, 4.69) is 5.32 Å². The van der Waals surface area contributed by atoms with Gasteiger partial charge in [-0.1, -0.05) is 66.7 Å². The topological polar surface area (TPSA) is 105 Å². The van der Waals surface area contributed by atoms with Gasteiger partial charge in [0.15, 0.2) is 0 Å². The number of hydrogen-bond donors (Lipinski definition) is 3. The summed E-state index contributed by atoms with van der Waals surface area (Å²) in [5.41, 5.74) is 10.9. The van der Waals surface area contributed by atoms with Gasteiger partial charge >= 0.3 is 5.97 Å². The zero-order valence-corrected chi connectivity index (χ0v) is 18.7. The number of carboxylic acid groups (broad SMARTS) is 1. The molecule has 0 saturated heterocycles. The summed E-state index contributed by atoms with van der Waals surface area (Å²) in [6.07, 6.45) is 0. The Hall–Kier alpha value is -4.49. The number of nitrogen functional groups attached to an aromatic ring is 1. The maximum absolute atomic E-state index is 13.1. The molecule has 4 N–H and O–H groups in total. The van der Waals surface area contributed by atoms with Crippen molar-refractivity contribution < 1.29 is 14.7 Å². The van der Waals surface area contributed by atoms with Crippen molar-refractivity contribution in [3.05, 3.63) is 101 Å². The predicted molar refractivity (Wildman–Crippen MR) is 136 cm³/mol. The van der Waals surface area contributed by atoms with Gasteiger partial charge in [0.2, 0.25) is 0 Å². The second kappa shape index (κ2) is 8.80. The number of pyridine rings is 1. The number of fused-ring (bicyclic) bond motifs is 1. The lowest BCUT2D eigenvalue weighted by Gasteiger charge is -2.09. The lowest BCUT2D eigenvalue weighted by atomic mass is 9.99. The quantitative estimate of drug-likeness (QED) is 0.288. The first-order valence-corrected chi connectivity index (χ1v) is 11.3. The van der Waals surface area contributed by atoms with Crippen molar-refractivity contribution in [1.82, 2.24) is 4.98 Å². The molecule has 0 radical (unpaired) electrons. The molecule has 0 aliphatic heterocycles. The highest BCUT2D eigenvalue weighted by Gasteiger charge is 2.22. The van der Waals surface area contributed by atoms with E-state index in [1.807, 2.05) is 66.7 Å². The number of benzene rings is 3. The Kier molecular flexibility index (Phi) is 5.53. The van der Waals surface area contributed by atoms with Crippen LogP contribution < -0.4 is 11.1 Å². The van der Waals surface area contributed by atoms with Gasteiger partial charge in [0.1, 0.15) is 9.71 Å². The Morgan fingerprint density at radius 3 is 2.21 bits per heavy atom. The normalized spacial score (nSPS) is 10.8. The molecule has 166 valence electrons. The molecule has 2 aromatic heterocycles. The third-order valence-electron chi connectivity index (χ3n) is 5.43. The molecule has 0 atom stereocenters. The summed E-state index contributed by atoms with van der Waals surface area (Å²) in [4.78, 5) is 30.2. The van der Waals surface area contributed by atoms with Crippen LogP contribution >= 0.6 is 11.3 Å². The number of rotatable bonds is 5. The number of carboxylic acids is 1. The molecule has 0 fully saturated rings. The van der Waals surface area contributed by atoms with Crippen molar-refractivity contribution in [3.8, 4) is 22.4 Å². The van der Waals surface area contributed by atoms with Crippen LogP contribution in [-0.4, -0.2) is 22.0 Å². The molecule has 6 nitrogen and oxygen atoms in total. The van der Waals surface area contributed by atoms with Crippen LogP contribution in [0.15, 0.2) is 91.0 Å². The average molecular weight is 466 g/mol. The summed E-state index contributed by atoms with van der Waals surface area (Å²) >= 11 is 1.21. The first kappa shape index (κ1) is 21.4. The molecule has 0 bridgehead atoms. The van der Waals surface area contributed by atoms with Crippen LogP contribution in [0.5, 0.6) is 0 Å². The zero-order chi connectivity index (χ0) is 23.7. The fourth-order valence-corrected chi connectivity index (χ4v) is 4.82. The molecule has 1 amide bonds. The molecule has 0 spiro atoms. The van der Waals surface area contributed by atoms with Crippen LogP contribution in [0.3, 0.4) is 0 Å². The fraction of sp³-hybridized carbons (Fsp3) is 0. The van der Waals surface area contributed by atoms with E-state index in [-0.39, 0.29) is 5.56 Å². The molecule has 2 heterocycles. The highest BCUT2D eigenvalue weighted by atomic mass is 32.1. The summed E-state index contributed by atoms with van der Waals surface area (Å²) in [5.74, 6) is -1.48. The standard InChI is InChI=1S/C27H19N3O3S/c28-23-22-20(16-8-3-1-4-9-16)15-21(17-10-5-2-6-11-17)30-26(22)34-24(23)25(31)29-19-13-7-12-18(14-19)27(32)33/h1-15H,28H2,(H,29,31)(H,32,33). The second-order valence-electron chi connectivity index (χ2n) is 7.65. The Morgan fingerprint density at radius 1 is 0.853 bits per heavy atom. The summed E-state index contributed by atoms with van der Waals surface area (Å²) < 4.78 is 0. The van der Waals surface area contributed by atoms with E-state index in [0.29, 0.717) is 21.1 Å². The van der Waals surface area contributed by atoms with E-state index in [0.717, 1.165) is 27.8 Å². The summed E-state index contributed by atoms with van der Waals surface area (Å²) in [7, 11) is 0. The Morgan fingerprint density at radius 2 is 1.53 bits per heavy atom. The van der Waals surface area contributed by atoms with Gasteiger partial charge in [-0.3, -0.25) is 4.79 Å². The van der Waals surface area contributed by atoms with Crippen LogP contribution in [0.25, 0.3) is 32.6 Å². The van der Waals surface area contributed by atoms with Gasteiger partial charge in [0.25, 0.3) is 5.91 Å². The van der Waals surface area contributed by atoms with Crippen LogP contribution in [-0.2, 0) is 0 Å². The molecule has 0 aliphatic carbocycles. The number of hydrogen-bond acceptors (Lipinski definition) is 5. The number of carbonyl (C=O) groups excluding carboxylic acids is 1. The lowest BCUT2D eigenvalue weighted by Crippen LogP contribution is -2.12. The van der Waals surface area contributed by atoms with E-state index in [1.165, 1.54) is 23.5 Å². The number of thiophene rings is 1. The van der Waals surface area contributed by atoms with Crippen molar-refractivity contribution in [1.29, 1.82) is 0 Å². The minimum absolute atomic E-state index is 0.0858. The number of amides is 1. The molecule has 3 aromatic carbocycles. The number of carbonyl (C=O) groups is 2. The third-order valence-corrected chi connectivity index (χ3v) is 6.53. The number of nitrogens with two attached hydrogens (primary N) is 1. The molecule has 5 aromatic rings. The second-order valence-corrected chi connectivity index (χ2v) is 8.65. The smallest absolute Gasteiger partial charge is 0.335 e. The summed E-state index contributed by atoms with van der Waals surface area (Å²) in [6.45, 7) is 0. The highest BCUT2D eigenvalue weighted by molar-refractivity contribution is 7.21. The molecular formula is C27H19N3O3S. The Balaban J connectivity index is 1.63. The van der Waals surface area contributed by atoms with Gasteiger partial charge in [0.05, 0.1) is 16.9 Å². The summed E-state index contributed by atoms with van der Waals surface area (Å²) in [6, 6.07) is 27.8. The highest BCUT2D eigenvalue weighted by Crippen LogP contribution is 2.41. The number of nitrogens with zero attached hydrogens (tertiary/aromatic N) is 1. The predicted octanol–water partition coefficient (Wildman–Crippen LogP) is 6.16. The molecule has 34 heavy (non-hydrogen) atoms. The van der Waals surface area contributed by atoms with Crippen LogP contribution in [0.2, 0.25) is 0 Å². The third kappa shape index (κ3) is 4.00. The van der Waals surface area contributed by atoms with E-state index in [4.69, 9.17) is 10.7 Å². The van der Waals surface area contributed by atoms with Gasteiger partial charge < -0.3 is 16.2 Å². The van der Waals surface area contributed by atoms with Gasteiger partial charge in [-0.05, 0) is 35.4 Å². The van der Waals surface area contributed by atoms with Crippen LogP contribution in [0.4, 0.5) is 11.4 Å². The van der Waals surface area contributed by atoms with Gasteiger partial charge in [0, 0.05) is 16.6 Å². The average Bonchev–Trinajstić information content (AvgIpc) is 3.21. The molecule has 7 heteroatoms. The van der Waals surface area contributed by atoms with Gasteiger partial charge in [-0.25, -0.2) is 9.78 Å². The van der Waals surface area contributed by atoms with Crippen molar-refractivity contribution in [2.75, 3.05) is 11.1 Å². The molecule has 0 saturated carbocycles. The van der Waals surface area contributed by atoms with Gasteiger partial charge in [-0.15, -0.1) is 11.3 Å². The van der Waals surface area contributed by atoms with E-state index in [9.17, 15) is 14.7 Å². The first-order chi connectivity index (χ1) is 16.5. The molecule has 0 aliphatic rings. The minimum Gasteiger partial charge on any atom is -0.478 e. The Bertz CT molecular complexity index is 1530.